The topological polar surface area (TPSA) is 302 Å². The molecule has 0 radical (unpaired) electrons. The molecule has 0 N–H and O–H groups in total. The fraction of sp³-hybridized carbons (Fsp3) is 0.353. The number of carbonyl (C=O) groups excluding carboxylic acids is 2. The fourth-order valence-electron chi connectivity index (χ4n) is 17.0. The van der Waals surface area contributed by atoms with Gasteiger partial charge < -0.3 is 47.7 Å². The number of carbonyl (C=O) groups is 2. The molecule has 2 saturated heterocycles. The summed E-state index contributed by atoms with van der Waals surface area (Å²) in [5.74, 6) is 5.04. The Kier molecular flexibility index (Phi) is 30.2. The molecule has 10 aromatic carbocycles. The number of aryl methyl sites for hydroxylation is 4. The SMILES string of the molecule is COc1ccc(CN(Cc2ccc(OC)cc2)S(=O)(=O)c2c(CCC3CCN(C(=O)OC(C)(C)C)CC3)ccc(-c3cccc4sc(C)nc34)c2-c2nnn(Cc3ccc(OC)cc3)n2)cc1.COc1ccc(CN(Cc2ccc(OC)cc2)S(=O)(=O)c2c(CCC3CCN(C(=O)OC(C)(C)C)CC3)ccc(-c3cccc4sc(C)nc34)c2-c2nnnn2Cc2ccc(OC)cc2)cc1. The second kappa shape index (κ2) is 42.2. The molecule has 2 amide bonds. The minimum atomic E-state index is -4.43. The summed E-state index contributed by atoms with van der Waals surface area (Å²) in [7, 11) is 0.812. The van der Waals surface area contributed by atoms with Crippen molar-refractivity contribution in [3.63, 3.8) is 0 Å². The van der Waals surface area contributed by atoms with Crippen molar-refractivity contribution < 1.29 is 64.3 Å². The maximum atomic E-state index is 16.3. The van der Waals surface area contributed by atoms with Gasteiger partial charge in [0.1, 0.15) is 45.7 Å². The Morgan fingerprint density at radius 2 is 0.754 bits per heavy atom. The first kappa shape index (κ1) is 95.9. The summed E-state index contributed by atoms with van der Waals surface area (Å²) in [6, 6.07) is 64.9. The molecule has 0 aliphatic carbocycles. The number of aromatic nitrogens is 10. The second-order valence-electron chi connectivity index (χ2n) is 35.6. The predicted molar refractivity (Wildman–Crippen MR) is 520 cm³/mol. The highest BCUT2D eigenvalue weighted by Crippen LogP contribution is 2.47. The molecule has 2 fully saturated rings. The van der Waals surface area contributed by atoms with Crippen molar-refractivity contribution in [2.45, 2.75) is 167 Å². The van der Waals surface area contributed by atoms with Crippen molar-refractivity contribution in [3.8, 4) is 79.5 Å². The van der Waals surface area contributed by atoms with E-state index in [-0.39, 0.29) is 78.9 Å². The van der Waals surface area contributed by atoms with Gasteiger partial charge in [-0.1, -0.05) is 121 Å². The van der Waals surface area contributed by atoms with Gasteiger partial charge in [0.2, 0.25) is 25.9 Å². The number of amides is 2. The summed E-state index contributed by atoms with van der Waals surface area (Å²) in [6.07, 6.45) is 4.70. The smallest absolute Gasteiger partial charge is 0.410 e. The standard InChI is InChI=1S/2C51H57N7O7S2/c1-34-52-47-44(9-8-10-45(47)66-34)43-26-19-39(18-11-35-27-29-56(30-28-35)50(59)65-51(2,3)4)48(46(43)49-53-54-55-58(49)33-38-16-24-42(64-7)25-17-38)67(60,61)57(31-36-12-20-40(62-5)21-13-36)32-37-14-22-41(63-6)23-15-37;1-34-52-47-44(9-8-10-45(47)66-34)43-26-19-39(18-11-35-27-29-56(30-28-35)50(59)65-51(2,3)4)48(46(43)49-53-55-58(54-49)33-38-16-24-42(64-7)25-17-38)67(60,61)57(31-36-12-20-40(62-5)21-13-36)32-37-14-22-41(63-6)23-15-37/h2*8-10,12-17,19-26,35H,11,18,27-33H2,1-7H3. The molecule has 6 heterocycles. The number of sulfonamides is 2. The molecule has 0 atom stereocenters. The van der Waals surface area contributed by atoms with E-state index in [1.807, 2.05) is 262 Å². The third-order valence-corrected chi connectivity index (χ3v) is 29.7. The Morgan fingerprint density at radius 3 is 1.11 bits per heavy atom. The zero-order chi connectivity index (χ0) is 94.6. The van der Waals surface area contributed by atoms with E-state index < -0.39 is 31.2 Å². The lowest BCUT2D eigenvalue weighted by atomic mass is 9.89. The van der Waals surface area contributed by atoms with Crippen LogP contribution in [0.4, 0.5) is 9.59 Å². The lowest BCUT2D eigenvalue weighted by Gasteiger charge is -2.33. The average molecular weight is 1890 g/mol. The summed E-state index contributed by atoms with van der Waals surface area (Å²) >= 11 is 3.16. The van der Waals surface area contributed by atoms with Gasteiger partial charge in [-0.3, -0.25) is 0 Å². The zero-order valence-corrected chi connectivity index (χ0v) is 81.4. The van der Waals surface area contributed by atoms with E-state index in [1.165, 1.54) is 13.4 Å². The highest BCUT2D eigenvalue weighted by molar-refractivity contribution is 7.89. The Bertz CT molecular complexity index is 6550. The molecule has 0 spiro atoms. The number of benzene rings is 10. The van der Waals surface area contributed by atoms with Gasteiger partial charge in [-0.2, -0.15) is 13.4 Å². The van der Waals surface area contributed by atoms with Crippen molar-refractivity contribution in [2.24, 2.45) is 11.8 Å². The maximum absolute atomic E-state index is 16.3. The normalized spacial score (nSPS) is 13.6. The average Bonchev–Trinajstić information content (AvgIpc) is 1.23. The Morgan fingerprint density at radius 1 is 0.410 bits per heavy atom. The van der Waals surface area contributed by atoms with Crippen molar-refractivity contribution in [1.82, 2.24) is 68.8 Å². The van der Waals surface area contributed by atoms with E-state index in [1.54, 1.807) is 79.8 Å². The molecule has 4 aromatic heterocycles. The van der Waals surface area contributed by atoms with Crippen LogP contribution in [0.25, 0.3) is 65.5 Å². The molecule has 14 aromatic rings. The number of para-hydroxylation sites is 2. The number of hydrogen-bond acceptors (Lipinski definition) is 24. The highest BCUT2D eigenvalue weighted by Gasteiger charge is 2.39. The zero-order valence-electron chi connectivity index (χ0n) is 78.1. The third kappa shape index (κ3) is 23.2. The van der Waals surface area contributed by atoms with Crippen LogP contribution in [0.5, 0.6) is 34.5 Å². The Balaban J connectivity index is 0.000000204. The summed E-state index contributed by atoms with van der Waals surface area (Å²) in [6.45, 7) is 18.2. The molecule has 2 aliphatic heterocycles. The second-order valence-corrected chi connectivity index (χ2v) is 41.8. The van der Waals surface area contributed by atoms with Crippen molar-refractivity contribution in [1.29, 1.82) is 0 Å². The maximum Gasteiger partial charge on any atom is 0.410 e. The first-order valence-electron chi connectivity index (χ1n) is 44.8. The molecule has 28 nitrogen and oxygen atoms in total. The fourth-order valence-corrected chi connectivity index (χ4v) is 22.4. The molecular formula is C102H114N14O14S4. The molecule has 0 saturated carbocycles. The minimum absolute atomic E-state index is 0.0578. The Labute approximate surface area is 791 Å². The lowest BCUT2D eigenvalue weighted by Crippen LogP contribution is -2.41. The van der Waals surface area contributed by atoms with Gasteiger partial charge in [0.15, 0.2) is 5.82 Å². The number of tetrazole rings is 2. The summed E-state index contributed by atoms with van der Waals surface area (Å²) in [5.41, 5.74) is 10.1. The van der Waals surface area contributed by atoms with Crippen LogP contribution in [0.3, 0.4) is 0 Å². The molecule has 32 heteroatoms. The van der Waals surface area contributed by atoms with Crippen LogP contribution in [0.15, 0.2) is 216 Å². The number of thiazole rings is 2. The van der Waals surface area contributed by atoms with Gasteiger partial charge in [0.05, 0.1) is 102 Å². The van der Waals surface area contributed by atoms with Gasteiger partial charge >= 0.3 is 12.2 Å². The largest absolute Gasteiger partial charge is 0.497 e. The Hall–Kier alpha value is -12.7. The number of rotatable bonds is 32. The number of ether oxygens (including phenoxy) is 8. The number of likely N-dealkylation sites (tertiary alicyclic amines) is 2. The van der Waals surface area contributed by atoms with E-state index >= 15 is 16.8 Å². The van der Waals surface area contributed by atoms with Gasteiger partial charge in [-0.05, 0) is 275 Å². The quantitative estimate of drug-likeness (QED) is 0.0378. The number of nitrogens with zero attached hydrogens (tertiary/aromatic N) is 14. The van der Waals surface area contributed by atoms with Crippen LogP contribution < -0.4 is 28.4 Å². The third-order valence-electron chi connectivity index (χ3n) is 24.0. The minimum Gasteiger partial charge on any atom is -0.497 e. The number of methoxy groups -OCH3 is 6. The molecule has 700 valence electrons. The first-order chi connectivity index (χ1) is 64.4. The van der Waals surface area contributed by atoms with E-state index in [0.717, 1.165) is 106 Å². The number of hydrogen-bond donors (Lipinski definition) is 0. The van der Waals surface area contributed by atoms with Crippen LogP contribution in [0.1, 0.15) is 135 Å². The van der Waals surface area contributed by atoms with Gasteiger partial charge in [-0.15, -0.1) is 38.0 Å². The van der Waals surface area contributed by atoms with Crippen molar-refractivity contribution >= 4 is 75.3 Å². The molecule has 2 aliphatic rings. The van der Waals surface area contributed by atoms with Gasteiger partial charge in [0.25, 0.3) is 0 Å². The molecule has 134 heavy (non-hydrogen) atoms. The summed E-state index contributed by atoms with van der Waals surface area (Å²) in [5, 5.41) is 29.3. The van der Waals surface area contributed by atoms with E-state index in [2.05, 4.69) is 25.8 Å². The van der Waals surface area contributed by atoms with Crippen molar-refractivity contribution in [2.75, 3.05) is 68.8 Å². The summed E-state index contributed by atoms with van der Waals surface area (Å²) < 4.78 is 116. The van der Waals surface area contributed by atoms with Gasteiger partial charge in [0, 0.05) is 69.0 Å². The van der Waals surface area contributed by atoms with E-state index in [4.69, 9.17) is 53.0 Å². The predicted octanol–water partition coefficient (Wildman–Crippen LogP) is 19.9. The molecule has 0 bridgehead atoms. The lowest BCUT2D eigenvalue weighted by molar-refractivity contribution is 0.0171. The van der Waals surface area contributed by atoms with Gasteiger partial charge in [-0.25, -0.2) is 41.1 Å². The number of fused-ring (bicyclic) bond motifs is 2. The van der Waals surface area contributed by atoms with Crippen LogP contribution >= 0.6 is 22.7 Å². The number of piperidine rings is 2. The molecule has 0 unspecified atom stereocenters. The van der Waals surface area contributed by atoms with Crippen LogP contribution in [-0.4, -0.2) is 178 Å². The van der Waals surface area contributed by atoms with E-state index in [0.29, 0.717) is 120 Å². The summed E-state index contributed by atoms with van der Waals surface area (Å²) in [4.78, 5) is 41.2. The molecular weight excluding hydrogens is 1770 g/mol. The van der Waals surface area contributed by atoms with Crippen LogP contribution in [0, 0.1) is 25.7 Å². The van der Waals surface area contributed by atoms with Crippen molar-refractivity contribution in [3.05, 3.63) is 261 Å². The van der Waals surface area contributed by atoms with Crippen LogP contribution in [0.2, 0.25) is 0 Å². The molecule has 16 rings (SSSR count). The van der Waals surface area contributed by atoms with Crippen LogP contribution in [-0.2, 0) is 81.6 Å². The first-order valence-corrected chi connectivity index (χ1v) is 49.3. The van der Waals surface area contributed by atoms with E-state index in [9.17, 15) is 9.59 Å². The highest BCUT2D eigenvalue weighted by atomic mass is 32.2. The monoisotopic (exact) mass is 1890 g/mol.